The lowest BCUT2D eigenvalue weighted by Gasteiger charge is -2.14. The first-order chi connectivity index (χ1) is 14.8. The van der Waals surface area contributed by atoms with Crippen LogP contribution < -0.4 is 0 Å². The van der Waals surface area contributed by atoms with Gasteiger partial charge in [0.15, 0.2) is 0 Å². The molecule has 0 radical (unpaired) electrons. The summed E-state index contributed by atoms with van der Waals surface area (Å²) < 4.78 is 38.9. The molecule has 0 saturated carbocycles. The van der Waals surface area contributed by atoms with Crippen molar-refractivity contribution in [3.63, 3.8) is 0 Å². The van der Waals surface area contributed by atoms with E-state index in [-0.39, 0.29) is 11.5 Å². The standard InChI is InChI=1S/C25H16F3NO2/c26-25(27,28)16-7-5-14(6-8-16)22-13-20(19-3-1-2-4-23(19)31)21-12-15-11-17(30)9-10-18(15)24(21)29-22/h1-11,13,30-31H,12H2. The smallest absolute Gasteiger partial charge is 0.416 e. The summed E-state index contributed by atoms with van der Waals surface area (Å²) in [4.78, 5) is 4.76. The third-order valence-corrected chi connectivity index (χ3v) is 5.54. The van der Waals surface area contributed by atoms with Crippen molar-refractivity contribution >= 4 is 0 Å². The molecule has 4 aromatic rings. The van der Waals surface area contributed by atoms with Crippen molar-refractivity contribution < 1.29 is 23.4 Å². The van der Waals surface area contributed by atoms with Gasteiger partial charge in [-0.05, 0) is 59.2 Å². The zero-order chi connectivity index (χ0) is 21.8. The number of para-hydroxylation sites is 1. The van der Waals surface area contributed by atoms with Crippen molar-refractivity contribution in [1.29, 1.82) is 0 Å². The van der Waals surface area contributed by atoms with E-state index in [4.69, 9.17) is 4.98 Å². The molecule has 154 valence electrons. The number of rotatable bonds is 2. The van der Waals surface area contributed by atoms with Gasteiger partial charge in [0.25, 0.3) is 0 Å². The van der Waals surface area contributed by atoms with Gasteiger partial charge in [-0.2, -0.15) is 13.2 Å². The lowest BCUT2D eigenvalue weighted by Crippen LogP contribution is -2.04. The second-order valence-corrected chi connectivity index (χ2v) is 7.49. The summed E-state index contributed by atoms with van der Waals surface area (Å²) in [7, 11) is 0. The van der Waals surface area contributed by atoms with Gasteiger partial charge >= 0.3 is 6.18 Å². The number of halogens is 3. The van der Waals surface area contributed by atoms with Gasteiger partial charge in [-0.1, -0.05) is 30.3 Å². The summed E-state index contributed by atoms with van der Waals surface area (Å²) in [6, 6.07) is 18.6. The Morgan fingerprint density at radius 3 is 2.23 bits per heavy atom. The second-order valence-electron chi connectivity index (χ2n) is 7.49. The number of nitrogens with zero attached hydrogens (tertiary/aromatic N) is 1. The highest BCUT2D eigenvalue weighted by Gasteiger charge is 2.30. The number of fused-ring (bicyclic) bond motifs is 3. The average molecular weight is 419 g/mol. The molecule has 1 aliphatic rings. The fourth-order valence-corrected chi connectivity index (χ4v) is 4.04. The summed E-state index contributed by atoms with van der Waals surface area (Å²) in [6.07, 6.45) is -3.88. The van der Waals surface area contributed by atoms with Crippen molar-refractivity contribution in [2.45, 2.75) is 12.6 Å². The first-order valence-corrected chi connectivity index (χ1v) is 9.63. The van der Waals surface area contributed by atoms with E-state index in [0.717, 1.165) is 34.4 Å². The minimum Gasteiger partial charge on any atom is -0.508 e. The fourth-order valence-electron chi connectivity index (χ4n) is 4.04. The zero-order valence-electron chi connectivity index (χ0n) is 16.1. The van der Waals surface area contributed by atoms with E-state index in [2.05, 4.69) is 0 Å². The Morgan fingerprint density at radius 1 is 0.774 bits per heavy atom. The van der Waals surface area contributed by atoms with Gasteiger partial charge in [-0.15, -0.1) is 0 Å². The van der Waals surface area contributed by atoms with Crippen LogP contribution in [-0.4, -0.2) is 15.2 Å². The highest BCUT2D eigenvalue weighted by molar-refractivity contribution is 5.87. The largest absolute Gasteiger partial charge is 0.508 e. The molecule has 0 amide bonds. The molecule has 0 unspecified atom stereocenters. The molecule has 5 rings (SSSR count). The number of benzene rings is 3. The fraction of sp³-hybridized carbons (Fsp3) is 0.0800. The SMILES string of the molecule is Oc1ccc2c(c1)Cc1c(-c3ccccc3O)cc(-c3ccc(C(F)(F)F)cc3)nc1-2. The van der Waals surface area contributed by atoms with Gasteiger partial charge < -0.3 is 10.2 Å². The third kappa shape index (κ3) is 3.30. The summed E-state index contributed by atoms with van der Waals surface area (Å²) in [5.41, 5.74) is 5.07. The third-order valence-electron chi connectivity index (χ3n) is 5.54. The molecule has 0 saturated heterocycles. The van der Waals surface area contributed by atoms with Gasteiger partial charge in [-0.25, -0.2) is 4.98 Å². The van der Waals surface area contributed by atoms with E-state index in [0.29, 0.717) is 28.9 Å². The number of hydrogen-bond acceptors (Lipinski definition) is 3. The minimum atomic E-state index is -4.41. The molecule has 3 aromatic carbocycles. The first kappa shape index (κ1) is 19.2. The van der Waals surface area contributed by atoms with E-state index in [9.17, 15) is 23.4 Å². The maximum Gasteiger partial charge on any atom is 0.416 e. The molecule has 0 spiro atoms. The number of alkyl halides is 3. The topological polar surface area (TPSA) is 53.4 Å². The van der Waals surface area contributed by atoms with Gasteiger partial charge in [0, 0.05) is 23.1 Å². The maximum atomic E-state index is 13.0. The van der Waals surface area contributed by atoms with E-state index in [1.807, 2.05) is 6.07 Å². The van der Waals surface area contributed by atoms with E-state index < -0.39 is 11.7 Å². The quantitative estimate of drug-likeness (QED) is 0.347. The Kier molecular flexibility index (Phi) is 4.25. The first-order valence-electron chi connectivity index (χ1n) is 9.63. The van der Waals surface area contributed by atoms with Crippen LogP contribution in [0.1, 0.15) is 16.7 Å². The van der Waals surface area contributed by atoms with Crippen molar-refractivity contribution in [2.75, 3.05) is 0 Å². The van der Waals surface area contributed by atoms with E-state index >= 15 is 0 Å². The Balaban J connectivity index is 1.73. The molecule has 2 N–H and O–H groups in total. The molecular formula is C25H16F3NO2. The molecule has 0 atom stereocenters. The highest BCUT2D eigenvalue weighted by Crippen LogP contribution is 2.45. The van der Waals surface area contributed by atoms with Gasteiger partial charge in [0.2, 0.25) is 0 Å². The molecule has 0 bridgehead atoms. The van der Waals surface area contributed by atoms with Crippen LogP contribution in [-0.2, 0) is 12.6 Å². The molecule has 1 aromatic heterocycles. The van der Waals surface area contributed by atoms with E-state index in [1.165, 1.54) is 12.1 Å². The van der Waals surface area contributed by atoms with Crippen LogP contribution in [0.3, 0.4) is 0 Å². The number of aromatic hydroxyl groups is 2. The second kappa shape index (κ2) is 6.87. The summed E-state index contributed by atoms with van der Waals surface area (Å²) in [5, 5.41) is 20.3. The van der Waals surface area contributed by atoms with Crippen LogP contribution in [0.15, 0.2) is 72.8 Å². The molecular weight excluding hydrogens is 403 g/mol. The number of phenols is 2. The Morgan fingerprint density at radius 2 is 1.52 bits per heavy atom. The summed E-state index contributed by atoms with van der Waals surface area (Å²) in [6.45, 7) is 0. The predicted molar refractivity (Wildman–Crippen MR) is 112 cm³/mol. The number of pyridine rings is 1. The van der Waals surface area contributed by atoms with Crippen molar-refractivity contribution in [1.82, 2.24) is 4.98 Å². The highest BCUT2D eigenvalue weighted by atomic mass is 19.4. The minimum absolute atomic E-state index is 0.105. The summed E-state index contributed by atoms with van der Waals surface area (Å²) in [5.74, 6) is 0.256. The molecule has 1 aliphatic carbocycles. The van der Waals surface area contributed by atoms with Gasteiger partial charge in [0.1, 0.15) is 11.5 Å². The van der Waals surface area contributed by atoms with Crippen LogP contribution in [0.25, 0.3) is 33.6 Å². The van der Waals surface area contributed by atoms with Gasteiger partial charge in [-0.3, -0.25) is 0 Å². The lowest BCUT2D eigenvalue weighted by atomic mass is 9.95. The number of hydrogen-bond donors (Lipinski definition) is 2. The predicted octanol–water partition coefficient (Wildman–Crippen LogP) is 6.42. The molecule has 0 fully saturated rings. The molecule has 0 aliphatic heterocycles. The molecule has 1 heterocycles. The number of phenolic OH excluding ortho intramolecular Hbond substituents is 2. The zero-order valence-corrected chi connectivity index (χ0v) is 16.1. The van der Waals surface area contributed by atoms with Crippen molar-refractivity contribution in [3.8, 4) is 45.1 Å². The van der Waals surface area contributed by atoms with Crippen molar-refractivity contribution in [2.24, 2.45) is 0 Å². The van der Waals surface area contributed by atoms with E-state index in [1.54, 1.807) is 42.5 Å². The van der Waals surface area contributed by atoms with Crippen molar-refractivity contribution in [3.05, 3.63) is 89.5 Å². The van der Waals surface area contributed by atoms with Crippen LogP contribution in [0.5, 0.6) is 11.5 Å². The van der Waals surface area contributed by atoms with Gasteiger partial charge in [0.05, 0.1) is 17.0 Å². The van der Waals surface area contributed by atoms with Crippen LogP contribution in [0.2, 0.25) is 0 Å². The maximum absolute atomic E-state index is 13.0. The Bertz CT molecular complexity index is 1310. The molecule has 3 nitrogen and oxygen atoms in total. The lowest BCUT2D eigenvalue weighted by molar-refractivity contribution is -0.137. The normalized spacial score (nSPS) is 12.5. The number of aromatic nitrogens is 1. The molecule has 31 heavy (non-hydrogen) atoms. The summed E-state index contributed by atoms with van der Waals surface area (Å²) >= 11 is 0. The monoisotopic (exact) mass is 419 g/mol. The Hall–Kier alpha value is -3.80. The van der Waals surface area contributed by atoms with Crippen LogP contribution in [0.4, 0.5) is 13.2 Å². The van der Waals surface area contributed by atoms with Crippen LogP contribution >= 0.6 is 0 Å². The Labute approximate surface area is 176 Å². The molecule has 6 heteroatoms. The average Bonchev–Trinajstić information content (AvgIpc) is 3.10. The van der Waals surface area contributed by atoms with Crippen LogP contribution in [0, 0.1) is 0 Å².